The van der Waals surface area contributed by atoms with Crippen molar-refractivity contribution in [2.45, 2.75) is 52.1 Å². The van der Waals surface area contributed by atoms with Gasteiger partial charge in [0, 0.05) is 44.7 Å². The number of nitrogens with zero attached hydrogens (tertiary/aromatic N) is 2. The van der Waals surface area contributed by atoms with Crippen molar-refractivity contribution in [2.75, 3.05) is 39.3 Å². The summed E-state index contributed by atoms with van der Waals surface area (Å²) < 4.78 is 11.2. The van der Waals surface area contributed by atoms with Crippen LogP contribution in [0.5, 0.6) is 0 Å². The van der Waals surface area contributed by atoms with Crippen LogP contribution in [0, 0.1) is 5.92 Å². The zero-order valence-corrected chi connectivity index (χ0v) is 18.6. The highest BCUT2D eigenvalue weighted by molar-refractivity contribution is 5.91. The van der Waals surface area contributed by atoms with Crippen LogP contribution in [0.1, 0.15) is 58.0 Å². The van der Waals surface area contributed by atoms with Crippen molar-refractivity contribution >= 4 is 18.1 Å². The van der Waals surface area contributed by atoms with E-state index >= 15 is 0 Å². The summed E-state index contributed by atoms with van der Waals surface area (Å²) in [6.45, 7) is 12.4. The number of ether oxygens (including phenoxy) is 1. The summed E-state index contributed by atoms with van der Waals surface area (Å²) in [5.74, 6) is 2.89. The average Bonchev–Trinajstić information content (AvgIpc) is 3.22. The number of rotatable bonds is 7. The van der Waals surface area contributed by atoms with Crippen molar-refractivity contribution in [3.8, 4) is 0 Å². The fourth-order valence-electron chi connectivity index (χ4n) is 3.59. The Morgan fingerprint density at radius 3 is 2.57 bits per heavy atom. The molecular weight excluding hydrogens is 382 g/mol. The third-order valence-electron chi connectivity index (χ3n) is 5.50. The van der Waals surface area contributed by atoms with Gasteiger partial charge in [0.05, 0.1) is 0 Å². The van der Waals surface area contributed by atoms with E-state index in [0.29, 0.717) is 31.5 Å². The van der Waals surface area contributed by atoms with Crippen molar-refractivity contribution in [3.05, 3.63) is 29.7 Å². The first-order valence-corrected chi connectivity index (χ1v) is 11.0. The lowest BCUT2D eigenvalue weighted by atomic mass is 10.2. The Morgan fingerprint density at radius 1 is 1.23 bits per heavy atom. The molecule has 0 radical (unpaired) electrons. The lowest BCUT2D eigenvalue weighted by Crippen LogP contribution is -2.50. The molecule has 1 aromatic heterocycles. The van der Waals surface area contributed by atoms with Crippen LogP contribution in [-0.2, 0) is 9.53 Å². The topological polar surface area (TPSA) is 75.0 Å². The predicted octanol–water partition coefficient (Wildman–Crippen LogP) is 3.48. The van der Waals surface area contributed by atoms with E-state index in [0.717, 1.165) is 37.6 Å². The van der Waals surface area contributed by atoms with Crippen LogP contribution < -0.4 is 5.32 Å². The molecule has 7 nitrogen and oxygen atoms in total. The number of carbonyl (C=O) groups is 2. The molecule has 2 atom stereocenters. The molecule has 1 aromatic rings. The highest BCUT2D eigenvalue weighted by atomic mass is 16.6. The number of furan rings is 1. The molecule has 2 heterocycles. The summed E-state index contributed by atoms with van der Waals surface area (Å²) in [6.07, 6.45) is 5.07. The van der Waals surface area contributed by atoms with Crippen molar-refractivity contribution in [1.82, 2.24) is 15.1 Å². The van der Waals surface area contributed by atoms with Crippen LogP contribution in [-0.4, -0.2) is 66.7 Å². The van der Waals surface area contributed by atoms with Crippen molar-refractivity contribution in [1.29, 1.82) is 0 Å². The molecule has 3 rings (SSSR count). The normalized spacial score (nSPS) is 22.3. The van der Waals surface area contributed by atoms with Crippen LogP contribution in [0.4, 0.5) is 4.79 Å². The molecule has 0 bridgehead atoms. The smallest absolute Gasteiger partial charge is 0.410 e. The van der Waals surface area contributed by atoms with Gasteiger partial charge in [-0.15, -0.1) is 0 Å². The van der Waals surface area contributed by atoms with Gasteiger partial charge in [0.1, 0.15) is 17.1 Å². The summed E-state index contributed by atoms with van der Waals surface area (Å²) in [4.78, 5) is 28.2. The second-order valence-corrected chi connectivity index (χ2v) is 9.35. The van der Waals surface area contributed by atoms with Gasteiger partial charge in [0.2, 0.25) is 5.91 Å². The summed E-state index contributed by atoms with van der Waals surface area (Å²) in [5, 5.41) is 2.92. The van der Waals surface area contributed by atoms with E-state index in [9.17, 15) is 9.59 Å². The highest BCUT2D eigenvalue weighted by Crippen LogP contribution is 2.47. The molecule has 0 aromatic carbocycles. The Balaban J connectivity index is 1.28. The maximum absolute atomic E-state index is 12.1. The van der Waals surface area contributed by atoms with Gasteiger partial charge >= 0.3 is 6.09 Å². The molecule has 0 unspecified atom stereocenters. The van der Waals surface area contributed by atoms with Crippen LogP contribution >= 0.6 is 0 Å². The molecule has 1 saturated heterocycles. The number of amides is 2. The van der Waals surface area contributed by atoms with Gasteiger partial charge in [-0.3, -0.25) is 9.69 Å². The van der Waals surface area contributed by atoms with E-state index in [-0.39, 0.29) is 12.0 Å². The molecule has 2 aliphatic rings. The number of carbonyl (C=O) groups excluding carboxylic acids is 2. The molecular formula is C23H35N3O4. The minimum absolute atomic E-state index is 0.109. The minimum atomic E-state index is -0.462. The van der Waals surface area contributed by atoms with E-state index in [1.54, 1.807) is 11.0 Å². The predicted molar refractivity (Wildman–Crippen MR) is 116 cm³/mol. The van der Waals surface area contributed by atoms with Crippen molar-refractivity contribution < 1.29 is 18.7 Å². The standard InChI is InChI=1S/C23H35N3O4/c1-17-16-19(17)20-8-6-18(29-20)7-9-21(27)24-10-5-11-25-12-14-26(15-13-25)22(28)30-23(2,3)4/h6-9,17,19H,5,10-16H2,1-4H3,(H,24,27)/b9-7+/t17-,19-/m0/s1. The first-order chi connectivity index (χ1) is 14.2. The van der Waals surface area contributed by atoms with E-state index in [1.807, 2.05) is 32.9 Å². The Hall–Kier alpha value is -2.28. The van der Waals surface area contributed by atoms with Gasteiger partial charge in [-0.1, -0.05) is 6.92 Å². The second kappa shape index (κ2) is 9.69. The molecule has 0 spiro atoms. The molecule has 1 aliphatic heterocycles. The second-order valence-electron chi connectivity index (χ2n) is 9.35. The fourth-order valence-corrected chi connectivity index (χ4v) is 3.59. The van der Waals surface area contributed by atoms with Gasteiger partial charge in [-0.2, -0.15) is 0 Å². The Kier molecular flexibility index (Phi) is 7.23. The van der Waals surface area contributed by atoms with Gasteiger partial charge in [-0.25, -0.2) is 4.79 Å². The zero-order valence-electron chi connectivity index (χ0n) is 18.6. The molecule has 1 saturated carbocycles. The van der Waals surface area contributed by atoms with Crippen LogP contribution in [0.25, 0.3) is 6.08 Å². The van der Waals surface area contributed by atoms with E-state index in [4.69, 9.17) is 9.15 Å². The number of nitrogens with one attached hydrogen (secondary N) is 1. The number of hydrogen-bond donors (Lipinski definition) is 1. The van der Waals surface area contributed by atoms with Crippen LogP contribution in [0.2, 0.25) is 0 Å². The number of hydrogen-bond acceptors (Lipinski definition) is 5. The quantitative estimate of drug-likeness (QED) is 0.543. The largest absolute Gasteiger partial charge is 0.461 e. The van der Waals surface area contributed by atoms with E-state index < -0.39 is 5.60 Å². The summed E-state index contributed by atoms with van der Waals surface area (Å²) in [6, 6.07) is 3.93. The van der Waals surface area contributed by atoms with Crippen molar-refractivity contribution in [3.63, 3.8) is 0 Å². The van der Waals surface area contributed by atoms with Gasteiger partial charge in [0.15, 0.2) is 0 Å². The molecule has 1 N–H and O–H groups in total. The molecule has 30 heavy (non-hydrogen) atoms. The van der Waals surface area contributed by atoms with Gasteiger partial charge in [0.25, 0.3) is 0 Å². The number of piperazine rings is 1. The fraction of sp³-hybridized carbons (Fsp3) is 0.652. The molecule has 2 amide bonds. The monoisotopic (exact) mass is 417 g/mol. The van der Waals surface area contributed by atoms with E-state index in [1.165, 1.54) is 12.5 Å². The third-order valence-corrected chi connectivity index (χ3v) is 5.50. The Morgan fingerprint density at radius 2 is 1.93 bits per heavy atom. The lowest BCUT2D eigenvalue weighted by molar-refractivity contribution is -0.116. The first kappa shape index (κ1) is 22.4. The van der Waals surface area contributed by atoms with Gasteiger partial charge < -0.3 is 19.4 Å². The molecule has 7 heteroatoms. The van der Waals surface area contributed by atoms with E-state index in [2.05, 4.69) is 17.1 Å². The molecule has 166 valence electrons. The highest BCUT2D eigenvalue weighted by Gasteiger charge is 2.36. The van der Waals surface area contributed by atoms with Gasteiger partial charge in [-0.05, 0) is 64.3 Å². The first-order valence-electron chi connectivity index (χ1n) is 11.0. The molecule has 1 aliphatic carbocycles. The molecule has 2 fully saturated rings. The van der Waals surface area contributed by atoms with Crippen LogP contribution in [0.15, 0.2) is 22.6 Å². The third kappa shape index (κ3) is 6.90. The summed E-state index contributed by atoms with van der Waals surface area (Å²) in [7, 11) is 0. The SMILES string of the molecule is C[C@H]1C[C@@H]1c1ccc(/C=C/C(=O)NCCCN2CCN(C(=O)OC(C)(C)C)CC2)o1. The van der Waals surface area contributed by atoms with Crippen molar-refractivity contribution in [2.24, 2.45) is 5.92 Å². The average molecular weight is 418 g/mol. The Labute approximate surface area is 179 Å². The minimum Gasteiger partial charge on any atom is -0.461 e. The summed E-state index contributed by atoms with van der Waals surface area (Å²) >= 11 is 0. The Bertz CT molecular complexity index is 757. The maximum atomic E-state index is 12.1. The van der Waals surface area contributed by atoms with Crippen LogP contribution in [0.3, 0.4) is 0 Å². The lowest BCUT2D eigenvalue weighted by Gasteiger charge is -2.35. The maximum Gasteiger partial charge on any atom is 0.410 e. The zero-order chi connectivity index (χ0) is 21.7. The summed E-state index contributed by atoms with van der Waals surface area (Å²) in [5.41, 5.74) is -0.462.